The number of rotatable bonds is 2. The number of ether oxygens (including phenoxy) is 2. The van der Waals surface area contributed by atoms with Gasteiger partial charge in [0.05, 0.1) is 31.6 Å². The second-order valence-corrected chi connectivity index (χ2v) is 15.7. The van der Waals surface area contributed by atoms with E-state index in [-0.39, 0.29) is 34.5 Å². The van der Waals surface area contributed by atoms with Crippen LogP contribution in [0.1, 0.15) is 18.1 Å². The third kappa shape index (κ3) is 5.57. The molecule has 2 unspecified atom stereocenters. The zero-order chi connectivity index (χ0) is 31.8. The molecule has 242 valence electrons. The van der Waals surface area contributed by atoms with Gasteiger partial charge in [-0.2, -0.15) is 4.99 Å². The molecule has 3 aromatic heterocycles. The third-order valence-electron chi connectivity index (χ3n) is 7.33. The standard InChI is InChI=1S/C21H24F2N10O8P2S2/c1-7-12-18(31-21(25)30-7)33(5-28-12)20-11(23)15-9(39-20)3-37-42(34,44)40-14-8(2-36-43(35,45)41-15)38-19(10(14)22)32-6-29-13-16(24)26-4-27-17(13)32/h4-6,8-11,14-15,19-20H,1-3H2,(H,34,44)(H,35,45)(H2,24,26,27)(H3,25,30,31)/p-1/t8-,9-,10-,11-,14-,15-,19-,20-,42?,43?/m1/s1. The second kappa shape index (κ2) is 11.3. The van der Waals surface area contributed by atoms with Crippen LogP contribution < -0.4 is 16.8 Å². The molecule has 0 radical (unpaired) electrons. The lowest BCUT2D eigenvalue weighted by molar-refractivity contribution is -0.0567. The van der Waals surface area contributed by atoms with Crippen molar-refractivity contribution < 1.29 is 45.8 Å². The van der Waals surface area contributed by atoms with E-state index in [4.69, 9.17) is 63.1 Å². The molecule has 6 N–H and O–H groups in total. The van der Waals surface area contributed by atoms with Crippen LogP contribution in [0.4, 0.5) is 20.4 Å². The van der Waals surface area contributed by atoms with Gasteiger partial charge in [-0.3, -0.25) is 18.2 Å². The Balaban J connectivity index is 1.16. The van der Waals surface area contributed by atoms with Crippen molar-refractivity contribution in [1.29, 1.82) is 0 Å². The Morgan fingerprint density at radius 2 is 1.67 bits per heavy atom. The zero-order valence-corrected chi connectivity index (χ0v) is 26.0. The Kier molecular flexibility index (Phi) is 7.76. The van der Waals surface area contributed by atoms with Crippen LogP contribution in [0.5, 0.6) is 0 Å². The van der Waals surface area contributed by atoms with E-state index in [0.717, 1.165) is 6.33 Å². The molecule has 3 fully saturated rings. The summed E-state index contributed by atoms with van der Waals surface area (Å²) in [6.07, 6.45) is -9.30. The first-order valence-corrected chi connectivity index (χ1v) is 18.2. The number of hydrogen-bond donors (Lipinski definition) is 4. The van der Waals surface area contributed by atoms with Crippen LogP contribution in [-0.4, -0.2) is 89.9 Å². The van der Waals surface area contributed by atoms with Gasteiger partial charge in [0, 0.05) is 0 Å². The van der Waals surface area contributed by atoms with Gasteiger partial charge in [0.1, 0.15) is 42.0 Å². The van der Waals surface area contributed by atoms with Gasteiger partial charge in [-0.1, -0.05) is 6.58 Å². The Hall–Kier alpha value is -2.62. The molecule has 7 heterocycles. The van der Waals surface area contributed by atoms with Crippen LogP contribution in [0.3, 0.4) is 0 Å². The fourth-order valence-electron chi connectivity index (χ4n) is 5.33. The van der Waals surface area contributed by atoms with Crippen LogP contribution >= 0.6 is 13.5 Å². The van der Waals surface area contributed by atoms with Gasteiger partial charge < -0.3 is 57.0 Å². The van der Waals surface area contributed by atoms with Crippen molar-refractivity contribution in [3.8, 4) is 0 Å². The van der Waals surface area contributed by atoms with Gasteiger partial charge in [0.2, 0.25) is 0 Å². The minimum atomic E-state index is -4.50. The van der Waals surface area contributed by atoms with Crippen LogP contribution in [0.2, 0.25) is 0 Å². The summed E-state index contributed by atoms with van der Waals surface area (Å²) in [6.45, 7) is -6.27. The SMILES string of the molecule is C=C1NC(N)=Nc2c1ncn2[C@@H]1O[C@@H]2COP(O)(=S)O[C@H]3[C@@H](F)[C@H](n4cnc5c(N)ncnc54)O[C@@H]3COP(=O)([S-])O[C@H]2[C@H]1F. The Labute approximate surface area is 262 Å². The predicted molar refractivity (Wildman–Crippen MR) is 156 cm³/mol. The molecule has 10 atom stereocenters. The van der Waals surface area contributed by atoms with E-state index in [1.54, 1.807) is 0 Å². The number of aromatic nitrogens is 6. The highest BCUT2D eigenvalue weighted by atomic mass is 32.7. The maximum Gasteiger partial charge on any atom is 0.325 e. The van der Waals surface area contributed by atoms with Gasteiger partial charge in [-0.15, -0.1) is 0 Å². The van der Waals surface area contributed by atoms with Crippen molar-refractivity contribution in [2.75, 3.05) is 18.9 Å². The number of anilines is 1. The molecule has 45 heavy (non-hydrogen) atoms. The molecule has 3 saturated heterocycles. The minimum Gasteiger partial charge on any atom is -0.660 e. The lowest BCUT2D eigenvalue weighted by Gasteiger charge is -2.33. The zero-order valence-electron chi connectivity index (χ0n) is 22.5. The topological polar surface area (TPSA) is 231 Å². The molecule has 4 aliphatic rings. The molecular formula is C21H23F2N10O8P2S2-. The van der Waals surface area contributed by atoms with Crippen LogP contribution in [0.25, 0.3) is 16.9 Å². The van der Waals surface area contributed by atoms with Gasteiger partial charge >= 0.3 is 6.72 Å². The lowest BCUT2D eigenvalue weighted by atomic mass is 10.1. The molecule has 0 aromatic carbocycles. The minimum absolute atomic E-state index is 0.0184. The van der Waals surface area contributed by atoms with Crippen molar-refractivity contribution in [2.24, 2.45) is 10.7 Å². The summed E-state index contributed by atoms with van der Waals surface area (Å²) in [5, 5.41) is 2.71. The van der Waals surface area contributed by atoms with E-state index in [2.05, 4.69) is 36.8 Å². The van der Waals surface area contributed by atoms with Gasteiger partial charge in [-0.05, 0) is 11.8 Å². The Bertz CT molecular complexity index is 1820. The number of hydrogen-bond acceptors (Lipinski definition) is 17. The van der Waals surface area contributed by atoms with Crippen molar-refractivity contribution in [3.05, 3.63) is 31.3 Å². The van der Waals surface area contributed by atoms with Crippen molar-refractivity contribution in [2.45, 2.75) is 49.2 Å². The van der Waals surface area contributed by atoms with E-state index in [0.29, 0.717) is 5.70 Å². The fourth-order valence-corrected chi connectivity index (χ4v) is 8.19. The molecule has 0 aliphatic carbocycles. The molecule has 0 amide bonds. The average molecular weight is 708 g/mol. The Morgan fingerprint density at radius 1 is 1.02 bits per heavy atom. The number of nitrogens with one attached hydrogen (secondary N) is 1. The fraction of sp³-hybridized carbons (Fsp3) is 0.476. The highest BCUT2D eigenvalue weighted by molar-refractivity contribution is 8.32. The molecule has 0 spiro atoms. The normalized spacial score (nSPS) is 38.8. The summed E-state index contributed by atoms with van der Waals surface area (Å²) in [4.78, 5) is 31.3. The maximum atomic E-state index is 16.0. The summed E-state index contributed by atoms with van der Waals surface area (Å²) in [6, 6.07) is 0. The first-order chi connectivity index (χ1) is 21.3. The van der Waals surface area contributed by atoms with Gasteiger partial charge in [0.25, 0.3) is 0 Å². The summed E-state index contributed by atoms with van der Waals surface area (Å²) in [5.74, 6) is 0.161. The molecule has 18 nitrogen and oxygen atoms in total. The van der Waals surface area contributed by atoms with Crippen molar-refractivity contribution in [3.63, 3.8) is 0 Å². The molecule has 7 rings (SSSR count). The highest BCUT2D eigenvalue weighted by Crippen LogP contribution is 2.55. The van der Waals surface area contributed by atoms with Gasteiger partial charge in [-0.25, -0.2) is 28.7 Å². The summed E-state index contributed by atoms with van der Waals surface area (Å²) >= 11 is 10.2. The number of nitrogens with two attached hydrogens (primary N) is 2. The number of aliphatic imine (C=N–C) groups is 1. The van der Waals surface area contributed by atoms with E-state index in [1.807, 2.05) is 0 Å². The number of fused-ring (bicyclic) bond motifs is 4. The highest BCUT2D eigenvalue weighted by Gasteiger charge is 2.53. The van der Waals surface area contributed by atoms with Crippen molar-refractivity contribution >= 4 is 72.0 Å². The third-order valence-corrected chi connectivity index (χ3v) is 10.4. The van der Waals surface area contributed by atoms with Crippen LogP contribution in [0, 0.1) is 0 Å². The first kappa shape index (κ1) is 31.0. The van der Waals surface area contributed by atoms with E-state index < -0.39 is 75.9 Å². The number of halogens is 2. The smallest absolute Gasteiger partial charge is 0.325 e. The monoisotopic (exact) mass is 707 g/mol. The van der Waals surface area contributed by atoms with E-state index in [1.165, 1.54) is 21.8 Å². The summed E-state index contributed by atoms with van der Waals surface area (Å²) < 4.78 is 81.4. The lowest BCUT2D eigenvalue weighted by Crippen LogP contribution is -2.37. The molecular weight excluding hydrogens is 684 g/mol. The molecule has 0 saturated carbocycles. The number of guanidine groups is 1. The Morgan fingerprint density at radius 3 is 2.40 bits per heavy atom. The molecule has 0 bridgehead atoms. The van der Waals surface area contributed by atoms with E-state index in [9.17, 15) is 9.46 Å². The average Bonchev–Trinajstić information content (AvgIpc) is 3.72. The van der Waals surface area contributed by atoms with Gasteiger partial charge in [0.15, 0.2) is 54.8 Å². The largest absolute Gasteiger partial charge is 0.660 e. The maximum absolute atomic E-state index is 16.0. The first-order valence-electron chi connectivity index (χ1n) is 13.0. The van der Waals surface area contributed by atoms with Crippen LogP contribution in [0.15, 0.2) is 30.6 Å². The molecule has 4 aliphatic heterocycles. The summed E-state index contributed by atoms with van der Waals surface area (Å²) in [5.41, 5.74) is 12.6. The molecule has 3 aromatic rings. The quantitative estimate of drug-likeness (QED) is 0.215. The number of nitrogens with zero attached hydrogens (tertiary/aromatic N) is 7. The summed E-state index contributed by atoms with van der Waals surface area (Å²) in [7, 11) is 0. The number of nitrogen functional groups attached to an aromatic ring is 1. The number of imidazole rings is 2. The second-order valence-electron chi connectivity index (χ2n) is 10.2. The van der Waals surface area contributed by atoms with E-state index >= 15 is 8.78 Å². The van der Waals surface area contributed by atoms with Crippen LogP contribution in [-0.2, 0) is 56.2 Å². The number of alkyl halides is 2. The molecule has 24 heteroatoms. The van der Waals surface area contributed by atoms with Crippen molar-refractivity contribution in [1.82, 2.24) is 34.4 Å². The predicted octanol–water partition coefficient (Wildman–Crippen LogP) is 0.985.